The molecule has 15 heavy (non-hydrogen) atoms. The van der Waals surface area contributed by atoms with Gasteiger partial charge < -0.3 is 0 Å². The number of ketones is 1. The molecule has 0 aliphatic heterocycles. The van der Waals surface area contributed by atoms with Gasteiger partial charge in [-0.15, -0.1) is 0 Å². The van der Waals surface area contributed by atoms with Crippen LogP contribution in [0.3, 0.4) is 0 Å². The van der Waals surface area contributed by atoms with E-state index in [1.54, 1.807) is 0 Å². The van der Waals surface area contributed by atoms with E-state index in [-0.39, 0.29) is 0 Å². The van der Waals surface area contributed by atoms with Crippen molar-refractivity contribution in [3.8, 4) is 0 Å². The van der Waals surface area contributed by atoms with Crippen molar-refractivity contribution in [2.75, 3.05) is 0 Å². The molecule has 0 aromatic heterocycles. The molecule has 0 radical (unpaired) electrons. The van der Waals surface area contributed by atoms with Gasteiger partial charge in [0.25, 0.3) is 0 Å². The van der Waals surface area contributed by atoms with E-state index in [1.807, 2.05) is 6.08 Å². The number of carbonyl (C=O) groups is 1. The van der Waals surface area contributed by atoms with Gasteiger partial charge in [0.05, 0.1) is 0 Å². The van der Waals surface area contributed by atoms with E-state index >= 15 is 0 Å². The lowest BCUT2D eigenvalue weighted by atomic mass is 9.86. The lowest BCUT2D eigenvalue weighted by molar-refractivity contribution is -0.115. The molecular weight excluding hydrogens is 184 g/mol. The Morgan fingerprint density at radius 2 is 2.00 bits per heavy atom. The molecule has 2 aliphatic carbocycles. The van der Waals surface area contributed by atoms with Gasteiger partial charge in [-0.25, -0.2) is 0 Å². The lowest BCUT2D eigenvalue weighted by Gasteiger charge is -2.19. The summed E-state index contributed by atoms with van der Waals surface area (Å²) in [4.78, 5) is 11.4. The standard InChI is InChI=1S/C14H22O/c1-11-8-13(10-14(15)9-11)7-6-12-4-2-3-5-12/h10-12H,2-9H2,1H3. The summed E-state index contributed by atoms with van der Waals surface area (Å²) in [5.41, 5.74) is 1.42. The number of rotatable bonds is 3. The predicted molar refractivity (Wildman–Crippen MR) is 62.7 cm³/mol. The van der Waals surface area contributed by atoms with Crippen LogP contribution >= 0.6 is 0 Å². The second kappa shape index (κ2) is 4.96. The first-order chi connectivity index (χ1) is 7.24. The maximum absolute atomic E-state index is 11.4. The molecule has 0 N–H and O–H groups in total. The predicted octanol–water partition coefficient (Wildman–Crippen LogP) is 3.88. The first-order valence-electron chi connectivity index (χ1n) is 6.46. The van der Waals surface area contributed by atoms with Crippen molar-refractivity contribution >= 4 is 5.78 Å². The zero-order valence-corrected chi connectivity index (χ0v) is 9.80. The Morgan fingerprint density at radius 3 is 2.67 bits per heavy atom. The van der Waals surface area contributed by atoms with Gasteiger partial charge >= 0.3 is 0 Å². The van der Waals surface area contributed by atoms with Gasteiger partial charge in [0.2, 0.25) is 0 Å². The van der Waals surface area contributed by atoms with Gasteiger partial charge in [-0.2, -0.15) is 0 Å². The number of allylic oxidation sites excluding steroid dienone is 2. The van der Waals surface area contributed by atoms with E-state index in [0.717, 1.165) is 12.3 Å². The normalized spacial score (nSPS) is 28.2. The molecule has 2 aliphatic rings. The second-order valence-corrected chi connectivity index (χ2v) is 5.47. The molecule has 1 fully saturated rings. The number of hydrogen-bond donors (Lipinski definition) is 0. The van der Waals surface area contributed by atoms with E-state index in [4.69, 9.17) is 0 Å². The highest BCUT2D eigenvalue weighted by Gasteiger charge is 2.19. The number of carbonyl (C=O) groups excluding carboxylic acids is 1. The van der Waals surface area contributed by atoms with Crippen LogP contribution in [-0.2, 0) is 4.79 Å². The van der Waals surface area contributed by atoms with Gasteiger partial charge in [0.1, 0.15) is 0 Å². The molecule has 0 amide bonds. The summed E-state index contributed by atoms with van der Waals surface area (Å²) >= 11 is 0. The minimum absolute atomic E-state index is 0.357. The minimum Gasteiger partial charge on any atom is -0.295 e. The van der Waals surface area contributed by atoms with Gasteiger partial charge in [-0.05, 0) is 37.2 Å². The zero-order valence-electron chi connectivity index (χ0n) is 9.80. The third kappa shape index (κ3) is 3.19. The van der Waals surface area contributed by atoms with Crippen molar-refractivity contribution < 1.29 is 4.79 Å². The van der Waals surface area contributed by atoms with Gasteiger partial charge in [-0.1, -0.05) is 38.2 Å². The summed E-state index contributed by atoms with van der Waals surface area (Å²) in [6.07, 6.45) is 12.1. The quantitative estimate of drug-likeness (QED) is 0.685. The van der Waals surface area contributed by atoms with Crippen LogP contribution in [0.4, 0.5) is 0 Å². The third-order valence-corrected chi connectivity index (χ3v) is 3.87. The molecule has 1 saturated carbocycles. The zero-order chi connectivity index (χ0) is 10.7. The van der Waals surface area contributed by atoms with Gasteiger partial charge in [0, 0.05) is 6.42 Å². The highest BCUT2D eigenvalue weighted by atomic mass is 16.1. The lowest BCUT2D eigenvalue weighted by Crippen LogP contribution is -2.11. The summed E-state index contributed by atoms with van der Waals surface area (Å²) in [6, 6.07) is 0. The number of hydrogen-bond acceptors (Lipinski definition) is 1. The van der Waals surface area contributed by atoms with Crippen molar-refractivity contribution in [3.05, 3.63) is 11.6 Å². The molecule has 0 aromatic rings. The maximum Gasteiger partial charge on any atom is 0.155 e. The molecule has 84 valence electrons. The van der Waals surface area contributed by atoms with Gasteiger partial charge in [-0.3, -0.25) is 4.79 Å². The maximum atomic E-state index is 11.4. The van der Waals surface area contributed by atoms with E-state index in [2.05, 4.69) is 6.92 Å². The Morgan fingerprint density at radius 1 is 1.27 bits per heavy atom. The second-order valence-electron chi connectivity index (χ2n) is 5.47. The largest absolute Gasteiger partial charge is 0.295 e. The van der Waals surface area contributed by atoms with Crippen LogP contribution in [0.1, 0.15) is 58.3 Å². The summed E-state index contributed by atoms with van der Waals surface area (Å²) in [7, 11) is 0. The Kier molecular flexibility index (Phi) is 3.61. The van der Waals surface area contributed by atoms with E-state index in [1.165, 1.54) is 50.5 Å². The van der Waals surface area contributed by atoms with Crippen molar-refractivity contribution in [2.24, 2.45) is 11.8 Å². The Balaban J connectivity index is 1.80. The van der Waals surface area contributed by atoms with Gasteiger partial charge in [0.15, 0.2) is 5.78 Å². The van der Waals surface area contributed by atoms with Crippen molar-refractivity contribution in [3.63, 3.8) is 0 Å². The molecule has 1 heteroatoms. The molecular formula is C14H22O. The van der Waals surface area contributed by atoms with Crippen LogP contribution in [0.2, 0.25) is 0 Å². The topological polar surface area (TPSA) is 17.1 Å². The fourth-order valence-electron chi connectivity index (χ4n) is 3.07. The van der Waals surface area contributed by atoms with E-state index in [9.17, 15) is 4.79 Å². The Hall–Kier alpha value is -0.590. The van der Waals surface area contributed by atoms with Crippen molar-refractivity contribution in [2.45, 2.75) is 58.3 Å². The minimum atomic E-state index is 0.357. The molecule has 0 heterocycles. The monoisotopic (exact) mass is 206 g/mol. The molecule has 1 nitrogen and oxygen atoms in total. The highest BCUT2D eigenvalue weighted by molar-refractivity contribution is 5.91. The highest BCUT2D eigenvalue weighted by Crippen LogP contribution is 2.32. The molecule has 0 aromatic carbocycles. The van der Waals surface area contributed by atoms with Crippen LogP contribution in [0.25, 0.3) is 0 Å². The molecule has 2 rings (SSSR count). The van der Waals surface area contributed by atoms with Crippen LogP contribution < -0.4 is 0 Å². The van der Waals surface area contributed by atoms with Crippen LogP contribution in [0, 0.1) is 11.8 Å². The fraction of sp³-hybridized carbons (Fsp3) is 0.786. The summed E-state index contributed by atoms with van der Waals surface area (Å²) in [5, 5.41) is 0. The molecule has 0 spiro atoms. The first-order valence-corrected chi connectivity index (χ1v) is 6.46. The molecule has 0 saturated heterocycles. The molecule has 1 unspecified atom stereocenters. The van der Waals surface area contributed by atoms with Crippen LogP contribution in [0.5, 0.6) is 0 Å². The fourth-order valence-corrected chi connectivity index (χ4v) is 3.07. The Labute approximate surface area is 92.9 Å². The van der Waals surface area contributed by atoms with E-state index < -0.39 is 0 Å². The summed E-state index contributed by atoms with van der Waals surface area (Å²) < 4.78 is 0. The summed E-state index contributed by atoms with van der Waals surface area (Å²) in [6.45, 7) is 2.19. The smallest absolute Gasteiger partial charge is 0.155 e. The SMILES string of the molecule is CC1CC(=O)C=C(CCC2CCCC2)C1. The summed E-state index contributed by atoms with van der Waals surface area (Å²) in [5.74, 6) is 1.90. The van der Waals surface area contributed by atoms with Crippen LogP contribution in [-0.4, -0.2) is 5.78 Å². The Bertz CT molecular complexity index is 259. The average Bonchev–Trinajstić information content (AvgIpc) is 2.65. The molecule has 0 bridgehead atoms. The third-order valence-electron chi connectivity index (χ3n) is 3.87. The van der Waals surface area contributed by atoms with E-state index in [0.29, 0.717) is 11.7 Å². The average molecular weight is 206 g/mol. The van der Waals surface area contributed by atoms with Crippen LogP contribution in [0.15, 0.2) is 11.6 Å². The van der Waals surface area contributed by atoms with Crippen molar-refractivity contribution in [1.29, 1.82) is 0 Å². The van der Waals surface area contributed by atoms with Crippen molar-refractivity contribution in [1.82, 2.24) is 0 Å². The molecule has 1 atom stereocenters. The first kappa shape index (κ1) is 10.9.